The van der Waals surface area contributed by atoms with E-state index in [2.05, 4.69) is 61.7 Å². The fourth-order valence-corrected chi connectivity index (χ4v) is 2.72. The molecular formula is C16H18S. The molecular weight excluding hydrogens is 224 g/mol. The van der Waals surface area contributed by atoms with Crippen molar-refractivity contribution in [1.29, 1.82) is 0 Å². The van der Waals surface area contributed by atoms with Gasteiger partial charge < -0.3 is 0 Å². The Kier molecular flexibility index (Phi) is 4.27. The fraction of sp³-hybridized carbons (Fsp3) is 0.250. The van der Waals surface area contributed by atoms with Crippen molar-refractivity contribution in [1.82, 2.24) is 0 Å². The molecule has 0 saturated heterocycles. The molecule has 0 aromatic heterocycles. The Hall–Kier alpha value is -1.21. The summed E-state index contributed by atoms with van der Waals surface area (Å²) in [5, 5.41) is 0. The topological polar surface area (TPSA) is 0 Å². The van der Waals surface area contributed by atoms with Crippen LogP contribution in [0.4, 0.5) is 0 Å². The molecule has 2 aromatic carbocycles. The minimum atomic E-state index is 1.08. The molecule has 0 heterocycles. The number of thioether (sulfide) groups is 1. The van der Waals surface area contributed by atoms with E-state index in [1.54, 1.807) is 0 Å². The summed E-state index contributed by atoms with van der Waals surface area (Å²) in [5.41, 5.74) is 5.64. The molecule has 0 N–H and O–H groups in total. The van der Waals surface area contributed by atoms with Crippen LogP contribution in [0, 0.1) is 0 Å². The molecule has 2 aromatic rings. The summed E-state index contributed by atoms with van der Waals surface area (Å²) < 4.78 is 0. The lowest BCUT2D eigenvalue weighted by molar-refractivity contribution is 1.14. The monoisotopic (exact) mass is 242 g/mol. The van der Waals surface area contributed by atoms with Gasteiger partial charge in [-0.3, -0.25) is 0 Å². The second-order valence-corrected chi connectivity index (χ2v) is 4.97. The van der Waals surface area contributed by atoms with E-state index in [0.717, 1.165) is 12.2 Å². The van der Waals surface area contributed by atoms with Crippen LogP contribution in [0.2, 0.25) is 0 Å². The zero-order chi connectivity index (χ0) is 12.1. The van der Waals surface area contributed by atoms with E-state index in [4.69, 9.17) is 0 Å². The van der Waals surface area contributed by atoms with Crippen LogP contribution in [-0.2, 0) is 12.2 Å². The highest BCUT2D eigenvalue weighted by Crippen LogP contribution is 2.29. The lowest BCUT2D eigenvalue weighted by Crippen LogP contribution is -1.91. The summed E-state index contributed by atoms with van der Waals surface area (Å²) in [5.74, 6) is 1.08. The van der Waals surface area contributed by atoms with Crippen LogP contribution >= 0.6 is 11.8 Å². The standard InChI is InChI=1S/C16H18S/c1-3-13-8-4-6-10-15(13)16-11-7-5-9-14(16)12-17-2/h4-11H,3,12H2,1-2H3. The molecule has 0 fully saturated rings. The van der Waals surface area contributed by atoms with Crippen LogP contribution in [0.25, 0.3) is 11.1 Å². The molecule has 17 heavy (non-hydrogen) atoms. The minimum absolute atomic E-state index is 1.08. The number of hydrogen-bond donors (Lipinski definition) is 0. The molecule has 0 radical (unpaired) electrons. The van der Waals surface area contributed by atoms with Crippen LogP contribution in [0.5, 0.6) is 0 Å². The fourth-order valence-electron chi connectivity index (χ4n) is 2.16. The molecule has 88 valence electrons. The molecule has 1 heteroatoms. The van der Waals surface area contributed by atoms with Gasteiger partial charge in [0.2, 0.25) is 0 Å². The maximum Gasteiger partial charge on any atom is 0.0187 e. The predicted octanol–water partition coefficient (Wildman–Crippen LogP) is 4.78. The predicted molar refractivity (Wildman–Crippen MR) is 78.5 cm³/mol. The van der Waals surface area contributed by atoms with Crippen LogP contribution in [0.1, 0.15) is 18.1 Å². The largest absolute Gasteiger partial charge is 0.161 e. The Balaban J connectivity index is 2.52. The van der Waals surface area contributed by atoms with Gasteiger partial charge in [0, 0.05) is 5.75 Å². The van der Waals surface area contributed by atoms with E-state index >= 15 is 0 Å². The van der Waals surface area contributed by atoms with Crippen molar-refractivity contribution in [2.75, 3.05) is 6.26 Å². The number of rotatable bonds is 4. The molecule has 0 aliphatic heterocycles. The van der Waals surface area contributed by atoms with E-state index in [9.17, 15) is 0 Å². The smallest absolute Gasteiger partial charge is 0.0187 e. The maximum atomic E-state index is 2.24. The second kappa shape index (κ2) is 5.92. The van der Waals surface area contributed by atoms with Crippen LogP contribution < -0.4 is 0 Å². The van der Waals surface area contributed by atoms with E-state index in [0.29, 0.717) is 0 Å². The highest BCUT2D eigenvalue weighted by Gasteiger charge is 2.07. The zero-order valence-electron chi connectivity index (χ0n) is 10.4. The van der Waals surface area contributed by atoms with Gasteiger partial charge >= 0.3 is 0 Å². The Labute approximate surface area is 108 Å². The summed E-state index contributed by atoms with van der Waals surface area (Å²) in [4.78, 5) is 0. The minimum Gasteiger partial charge on any atom is -0.161 e. The average Bonchev–Trinajstić information content (AvgIpc) is 2.40. The molecule has 0 aliphatic rings. The van der Waals surface area contributed by atoms with Crippen LogP contribution in [0.3, 0.4) is 0 Å². The van der Waals surface area contributed by atoms with E-state index in [1.165, 1.54) is 22.3 Å². The van der Waals surface area contributed by atoms with Gasteiger partial charge in [-0.1, -0.05) is 55.5 Å². The van der Waals surface area contributed by atoms with Crippen molar-refractivity contribution in [3.8, 4) is 11.1 Å². The van der Waals surface area contributed by atoms with Crippen molar-refractivity contribution >= 4 is 11.8 Å². The van der Waals surface area contributed by atoms with Gasteiger partial charge in [-0.2, -0.15) is 11.8 Å². The molecule has 2 rings (SSSR count). The average molecular weight is 242 g/mol. The Morgan fingerprint density at radius 3 is 1.94 bits per heavy atom. The van der Waals surface area contributed by atoms with Crippen molar-refractivity contribution in [3.05, 3.63) is 59.7 Å². The van der Waals surface area contributed by atoms with Gasteiger partial charge in [0.05, 0.1) is 0 Å². The van der Waals surface area contributed by atoms with Gasteiger partial charge in [-0.25, -0.2) is 0 Å². The summed E-state index contributed by atoms with van der Waals surface area (Å²) in [7, 11) is 0. The molecule has 0 bridgehead atoms. The van der Waals surface area contributed by atoms with E-state index in [1.807, 2.05) is 11.8 Å². The SMILES string of the molecule is CCc1ccccc1-c1ccccc1CSC. The number of aryl methyl sites for hydroxylation is 1. The van der Waals surface area contributed by atoms with Crippen molar-refractivity contribution < 1.29 is 0 Å². The third-order valence-corrected chi connectivity index (χ3v) is 3.61. The van der Waals surface area contributed by atoms with E-state index < -0.39 is 0 Å². The molecule has 0 aliphatic carbocycles. The second-order valence-electron chi connectivity index (χ2n) is 4.10. The molecule has 0 nitrogen and oxygen atoms in total. The van der Waals surface area contributed by atoms with Crippen molar-refractivity contribution in [3.63, 3.8) is 0 Å². The van der Waals surface area contributed by atoms with Crippen molar-refractivity contribution in [2.45, 2.75) is 19.1 Å². The molecule has 0 saturated carbocycles. The summed E-state index contributed by atoms with van der Waals surface area (Å²) in [6.45, 7) is 2.22. The number of benzene rings is 2. The van der Waals surface area contributed by atoms with Crippen molar-refractivity contribution in [2.24, 2.45) is 0 Å². The van der Waals surface area contributed by atoms with Crippen LogP contribution in [0.15, 0.2) is 48.5 Å². The Bertz CT molecular complexity index is 488. The number of hydrogen-bond acceptors (Lipinski definition) is 1. The van der Waals surface area contributed by atoms with Gasteiger partial charge in [0.15, 0.2) is 0 Å². The van der Waals surface area contributed by atoms with Gasteiger partial charge in [-0.15, -0.1) is 0 Å². The Morgan fingerprint density at radius 2 is 1.35 bits per heavy atom. The normalized spacial score (nSPS) is 10.5. The molecule has 0 atom stereocenters. The Morgan fingerprint density at radius 1 is 0.824 bits per heavy atom. The zero-order valence-corrected chi connectivity index (χ0v) is 11.3. The first-order valence-corrected chi connectivity index (χ1v) is 7.41. The molecule has 0 amide bonds. The maximum absolute atomic E-state index is 2.24. The molecule has 0 spiro atoms. The van der Waals surface area contributed by atoms with Crippen LogP contribution in [-0.4, -0.2) is 6.26 Å². The third kappa shape index (κ3) is 2.73. The first-order chi connectivity index (χ1) is 8.36. The lowest BCUT2D eigenvalue weighted by Gasteiger charge is -2.12. The summed E-state index contributed by atoms with van der Waals surface area (Å²) >= 11 is 1.88. The summed E-state index contributed by atoms with van der Waals surface area (Å²) in [6, 6.07) is 17.4. The quantitative estimate of drug-likeness (QED) is 0.743. The van der Waals surface area contributed by atoms with Gasteiger partial charge in [0.1, 0.15) is 0 Å². The highest BCUT2D eigenvalue weighted by atomic mass is 32.2. The summed E-state index contributed by atoms with van der Waals surface area (Å²) in [6.07, 6.45) is 3.24. The highest BCUT2D eigenvalue weighted by molar-refractivity contribution is 7.97. The molecule has 0 unspecified atom stereocenters. The van der Waals surface area contributed by atoms with E-state index in [-0.39, 0.29) is 0 Å². The third-order valence-electron chi connectivity index (χ3n) is 3.01. The van der Waals surface area contributed by atoms with Gasteiger partial charge in [-0.05, 0) is 34.9 Å². The van der Waals surface area contributed by atoms with Gasteiger partial charge in [0.25, 0.3) is 0 Å². The first kappa shape index (κ1) is 12.3. The lowest BCUT2D eigenvalue weighted by atomic mass is 9.95. The first-order valence-electron chi connectivity index (χ1n) is 6.02.